The molecular formula is C19H23FN2O2. The van der Waals surface area contributed by atoms with E-state index in [-0.39, 0.29) is 24.0 Å². The van der Waals surface area contributed by atoms with Gasteiger partial charge in [-0.25, -0.2) is 4.39 Å². The highest BCUT2D eigenvalue weighted by atomic mass is 19.1. The van der Waals surface area contributed by atoms with E-state index in [0.29, 0.717) is 13.2 Å². The van der Waals surface area contributed by atoms with Gasteiger partial charge >= 0.3 is 0 Å². The van der Waals surface area contributed by atoms with Gasteiger partial charge in [0.05, 0.1) is 6.54 Å². The molecule has 0 aromatic heterocycles. The van der Waals surface area contributed by atoms with Gasteiger partial charge in [-0.05, 0) is 50.2 Å². The van der Waals surface area contributed by atoms with Crippen LogP contribution in [-0.2, 0) is 4.79 Å². The van der Waals surface area contributed by atoms with Crippen molar-refractivity contribution < 1.29 is 13.9 Å². The molecule has 0 aliphatic rings. The Hall–Kier alpha value is -2.40. The summed E-state index contributed by atoms with van der Waals surface area (Å²) < 4.78 is 18.8. The highest BCUT2D eigenvalue weighted by molar-refractivity contribution is 5.93. The van der Waals surface area contributed by atoms with E-state index in [1.54, 1.807) is 18.2 Å². The van der Waals surface area contributed by atoms with Crippen LogP contribution in [0, 0.1) is 19.7 Å². The summed E-state index contributed by atoms with van der Waals surface area (Å²) in [4.78, 5) is 14.0. The highest BCUT2D eigenvalue weighted by Crippen LogP contribution is 2.18. The number of anilines is 1. The predicted molar refractivity (Wildman–Crippen MR) is 93.9 cm³/mol. The molecule has 128 valence electrons. The normalized spacial score (nSPS) is 10.7. The Morgan fingerprint density at radius 1 is 1.17 bits per heavy atom. The Kier molecular flexibility index (Phi) is 6.32. The lowest BCUT2D eigenvalue weighted by molar-refractivity contribution is -0.117. The largest absolute Gasteiger partial charge is 0.489 e. The first-order valence-corrected chi connectivity index (χ1v) is 7.89. The van der Waals surface area contributed by atoms with Crippen molar-refractivity contribution in [3.8, 4) is 5.75 Å². The molecule has 0 aliphatic heterocycles. The fraction of sp³-hybridized carbons (Fsp3) is 0.316. The number of likely N-dealkylation sites (N-methyl/N-ethyl adjacent to an activating group) is 1. The Balaban J connectivity index is 1.77. The second kappa shape index (κ2) is 8.45. The van der Waals surface area contributed by atoms with E-state index in [1.165, 1.54) is 6.07 Å². The van der Waals surface area contributed by atoms with Gasteiger partial charge in [-0.3, -0.25) is 9.69 Å². The number of nitrogens with one attached hydrogen (secondary N) is 1. The number of halogens is 1. The molecule has 0 saturated heterocycles. The van der Waals surface area contributed by atoms with Gasteiger partial charge in [-0.15, -0.1) is 0 Å². The average molecular weight is 330 g/mol. The van der Waals surface area contributed by atoms with Gasteiger partial charge in [0.1, 0.15) is 6.61 Å². The monoisotopic (exact) mass is 330 g/mol. The molecule has 0 fully saturated rings. The minimum atomic E-state index is -0.382. The number of para-hydroxylation sites is 1. The number of amides is 1. The first-order valence-electron chi connectivity index (χ1n) is 7.89. The summed E-state index contributed by atoms with van der Waals surface area (Å²) in [6.07, 6.45) is 0. The second-order valence-electron chi connectivity index (χ2n) is 5.81. The molecule has 0 aliphatic carbocycles. The molecule has 0 bridgehead atoms. The first-order chi connectivity index (χ1) is 11.5. The van der Waals surface area contributed by atoms with Gasteiger partial charge in [0.2, 0.25) is 5.91 Å². The number of hydrogen-bond donors (Lipinski definition) is 1. The number of ether oxygens (including phenoxy) is 1. The molecule has 4 nitrogen and oxygen atoms in total. The first kappa shape index (κ1) is 17.9. The van der Waals surface area contributed by atoms with Crippen LogP contribution in [0.3, 0.4) is 0 Å². The zero-order valence-electron chi connectivity index (χ0n) is 14.3. The van der Waals surface area contributed by atoms with Crippen molar-refractivity contribution in [2.24, 2.45) is 0 Å². The molecule has 0 saturated carbocycles. The van der Waals surface area contributed by atoms with Crippen molar-refractivity contribution in [2.45, 2.75) is 13.8 Å². The molecule has 2 rings (SSSR count). The Morgan fingerprint density at radius 3 is 2.67 bits per heavy atom. The Bertz CT molecular complexity index is 704. The van der Waals surface area contributed by atoms with Crippen molar-refractivity contribution in [3.63, 3.8) is 0 Å². The van der Waals surface area contributed by atoms with Crippen molar-refractivity contribution in [3.05, 3.63) is 59.4 Å². The zero-order valence-corrected chi connectivity index (χ0v) is 14.3. The van der Waals surface area contributed by atoms with E-state index in [9.17, 15) is 9.18 Å². The summed E-state index contributed by atoms with van der Waals surface area (Å²) in [5.41, 5.74) is 3.03. The maximum Gasteiger partial charge on any atom is 0.238 e. The number of carbonyl (C=O) groups is 1. The molecule has 0 atom stereocenters. The molecule has 2 aromatic rings. The van der Waals surface area contributed by atoms with E-state index in [1.807, 2.05) is 44.0 Å². The van der Waals surface area contributed by atoms with Crippen LogP contribution in [-0.4, -0.2) is 37.6 Å². The molecule has 0 spiro atoms. The maximum absolute atomic E-state index is 13.4. The predicted octanol–water partition coefficient (Wildman–Crippen LogP) is 3.39. The molecule has 0 heterocycles. The maximum atomic E-state index is 13.4. The van der Waals surface area contributed by atoms with Crippen molar-refractivity contribution >= 4 is 11.6 Å². The lowest BCUT2D eigenvalue weighted by atomic mass is 10.1. The van der Waals surface area contributed by atoms with Crippen LogP contribution in [0.15, 0.2) is 42.5 Å². The molecule has 0 unspecified atom stereocenters. The van der Waals surface area contributed by atoms with Crippen LogP contribution in [0.1, 0.15) is 11.1 Å². The third-order valence-electron chi connectivity index (χ3n) is 3.86. The summed E-state index contributed by atoms with van der Waals surface area (Å²) >= 11 is 0. The van der Waals surface area contributed by atoms with E-state index >= 15 is 0 Å². The summed E-state index contributed by atoms with van der Waals surface area (Å²) in [5.74, 6) is -0.240. The lowest BCUT2D eigenvalue weighted by Gasteiger charge is -2.17. The van der Waals surface area contributed by atoms with Gasteiger partial charge in [0, 0.05) is 12.2 Å². The van der Waals surface area contributed by atoms with Gasteiger partial charge in [-0.2, -0.15) is 0 Å². The van der Waals surface area contributed by atoms with Crippen LogP contribution in [0.2, 0.25) is 0 Å². The number of carbonyl (C=O) groups excluding carboxylic acids is 1. The summed E-state index contributed by atoms with van der Waals surface area (Å²) in [7, 11) is 1.83. The Morgan fingerprint density at radius 2 is 1.92 bits per heavy atom. The average Bonchev–Trinajstić information content (AvgIpc) is 2.53. The highest BCUT2D eigenvalue weighted by Gasteiger charge is 2.09. The standard InChI is InChI=1S/C19H23FN2O2/c1-14-7-6-9-17(15(14)2)21-19(23)13-22(3)11-12-24-18-10-5-4-8-16(18)20/h4-10H,11-13H2,1-3H3,(H,21,23). The van der Waals surface area contributed by atoms with Crippen LogP contribution < -0.4 is 10.1 Å². The van der Waals surface area contributed by atoms with Crippen molar-refractivity contribution in [2.75, 3.05) is 32.1 Å². The van der Waals surface area contributed by atoms with Gasteiger partial charge in [0.25, 0.3) is 0 Å². The quantitative estimate of drug-likeness (QED) is 0.846. The number of rotatable bonds is 7. The van der Waals surface area contributed by atoms with E-state index in [4.69, 9.17) is 4.74 Å². The van der Waals surface area contributed by atoms with Crippen molar-refractivity contribution in [1.29, 1.82) is 0 Å². The molecule has 2 aromatic carbocycles. The fourth-order valence-corrected chi connectivity index (χ4v) is 2.27. The van der Waals surface area contributed by atoms with Gasteiger partial charge in [-0.1, -0.05) is 24.3 Å². The topological polar surface area (TPSA) is 41.6 Å². The summed E-state index contributed by atoms with van der Waals surface area (Å²) in [5, 5.41) is 2.92. The fourth-order valence-electron chi connectivity index (χ4n) is 2.27. The number of hydrogen-bond acceptors (Lipinski definition) is 3. The molecule has 0 radical (unpaired) electrons. The lowest BCUT2D eigenvalue weighted by Crippen LogP contribution is -2.33. The molecule has 1 amide bonds. The van der Waals surface area contributed by atoms with Gasteiger partial charge in [0.15, 0.2) is 11.6 Å². The smallest absolute Gasteiger partial charge is 0.238 e. The van der Waals surface area contributed by atoms with E-state index in [0.717, 1.165) is 16.8 Å². The van der Waals surface area contributed by atoms with E-state index < -0.39 is 0 Å². The van der Waals surface area contributed by atoms with Crippen LogP contribution in [0.4, 0.5) is 10.1 Å². The summed E-state index contributed by atoms with van der Waals surface area (Å²) in [6.45, 7) is 5.07. The number of aryl methyl sites for hydroxylation is 1. The molecule has 24 heavy (non-hydrogen) atoms. The van der Waals surface area contributed by atoms with Gasteiger partial charge < -0.3 is 10.1 Å². The van der Waals surface area contributed by atoms with Crippen LogP contribution >= 0.6 is 0 Å². The van der Waals surface area contributed by atoms with Crippen LogP contribution in [0.25, 0.3) is 0 Å². The molecule has 1 N–H and O–H groups in total. The Labute approximate surface area is 142 Å². The second-order valence-corrected chi connectivity index (χ2v) is 5.81. The third kappa shape index (κ3) is 5.06. The minimum Gasteiger partial charge on any atom is -0.489 e. The van der Waals surface area contributed by atoms with E-state index in [2.05, 4.69) is 5.32 Å². The number of benzene rings is 2. The molecular weight excluding hydrogens is 307 g/mol. The molecule has 5 heteroatoms. The van der Waals surface area contributed by atoms with Crippen LogP contribution in [0.5, 0.6) is 5.75 Å². The zero-order chi connectivity index (χ0) is 17.5. The minimum absolute atomic E-state index is 0.0860. The third-order valence-corrected chi connectivity index (χ3v) is 3.86. The SMILES string of the molecule is Cc1cccc(NC(=O)CN(C)CCOc2ccccc2F)c1C. The van der Waals surface area contributed by atoms with Crippen molar-refractivity contribution in [1.82, 2.24) is 4.90 Å². The summed E-state index contributed by atoms with van der Waals surface area (Å²) in [6, 6.07) is 12.1. The number of nitrogens with zero attached hydrogens (tertiary/aromatic N) is 1.